The molecule has 0 atom stereocenters. The molecule has 0 aliphatic rings. The van der Waals surface area contributed by atoms with Gasteiger partial charge >= 0.3 is 0 Å². The summed E-state index contributed by atoms with van der Waals surface area (Å²) in [6, 6.07) is 50.8. The predicted molar refractivity (Wildman–Crippen MR) is 219 cm³/mol. The van der Waals surface area contributed by atoms with Gasteiger partial charge in [0.2, 0.25) is 0 Å². The molecule has 0 aliphatic carbocycles. The molecule has 0 heteroatoms. The summed E-state index contributed by atoms with van der Waals surface area (Å²) < 4.78 is 0. The standard InChI is InChI=1S/C50H34/c1-27-11-7-12-28(2)45(27)37-23-24-39-44-26-42-38(50(46-29(3)13-8-14-30(46)4)49(44)40-20-10-19-36(37)47(39)40)22-21-33-35-18-9-17-34-31-15-5-6-16-32(31)43(48(34)35)25-41(33)42/h5-26H,1-4H3. The summed E-state index contributed by atoms with van der Waals surface area (Å²) in [7, 11) is 0. The third-order valence-corrected chi connectivity index (χ3v) is 11.9. The molecule has 0 spiro atoms. The van der Waals surface area contributed by atoms with Gasteiger partial charge in [0.1, 0.15) is 0 Å². The van der Waals surface area contributed by atoms with Crippen molar-refractivity contribution in [2.24, 2.45) is 0 Å². The number of hydrogen-bond donors (Lipinski definition) is 0. The van der Waals surface area contributed by atoms with Crippen molar-refractivity contribution >= 4 is 86.2 Å². The predicted octanol–water partition coefficient (Wildman–Crippen LogP) is 14.4. The fourth-order valence-electron chi connectivity index (χ4n) is 9.82. The first-order valence-corrected chi connectivity index (χ1v) is 17.8. The van der Waals surface area contributed by atoms with E-state index >= 15 is 0 Å². The number of aryl methyl sites for hydroxylation is 4. The van der Waals surface area contributed by atoms with Gasteiger partial charge in [0, 0.05) is 0 Å². The number of hydrogen-bond acceptors (Lipinski definition) is 0. The second-order valence-corrected chi connectivity index (χ2v) is 14.6. The number of benzene rings is 9. The molecular weight excluding hydrogens is 601 g/mol. The molecule has 0 bridgehead atoms. The van der Waals surface area contributed by atoms with Crippen molar-refractivity contribution in [3.63, 3.8) is 0 Å². The van der Waals surface area contributed by atoms with Gasteiger partial charge in [0.05, 0.1) is 0 Å². The number of fused-ring (bicyclic) bond motifs is 10. The first kappa shape index (κ1) is 27.9. The van der Waals surface area contributed by atoms with Crippen LogP contribution >= 0.6 is 0 Å². The minimum absolute atomic E-state index is 1.31. The van der Waals surface area contributed by atoms with Crippen LogP contribution in [-0.4, -0.2) is 0 Å². The highest BCUT2D eigenvalue weighted by Gasteiger charge is 2.24. The van der Waals surface area contributed by atoms with E-state index in [0.29, 0.717) is 0 Å². The molecule has 0 aromatic heterocycles. The molecule has 50 heavy (non-hydrogen) atoms. The summed E-state index contributed by atoms with van der Waals surface area (Å²) in [5.41, 5.74) is 10.7. The van der Waals surface area contributed by atoms with Crippen molar-refractivity contribution in [2.75, 3.05) is 0 Å². The molecule has 11 rings (SSSR count). The van der Waals surface area contributed by atoms with E-state index in [1.165, 1.54) is 131 Å². The monoisotopic (exact) mass is 634 g/mol. The molecule has 0 saturated carbocycles. The maximum Gasteiger partial charge on any atom is -0.00135 e. The molecule has 0 unspecified atom stereocenters. The molecule has 0 nitrogen and oxygen atoms in total. The number of rotatable bonds is 2. The molecule has 0 saturated heterocycles. The van der Waals surface area contributed by atoms with Crippen LogP contribution < -0.4 is 0 Å². The maximum absolute atomic E-state index is 2.53. The SMILES string of the molecule is Cc1cccc(C)c1-c1ccc2c3cc4c(ccc5c4cc4c6ccccc6c6cccc5c64)c(-c4c(C)cccc4C)c3c3cccc1c23. The summed E-state index contributed by atoms with van der Waals surface area (Å²) in [5.74, 6) is 0. The van der Waals surface area contributed by atoms with Gasteiger partial charge in [-0.1, -0.05) is 121 Å². The zero-order valence-electron chi connectivity index (χ0n) is 28.7. The normalized spacial score (nSPS) is 12.4. The molecule has 11 aromatic carbocycles. The van der Waals surface area contributed by atoms with E-state index in [1.807, 2.05) is 0 Å². The van der Waals surface area contributed by atoms with Gasteiger partial charge in [-0.2, -0.15) is 0 Å². The molecular formula is C50H34. The van der Waals surface area contributed by atoms with E-state index < -0.39 is 0 Å². The van der Waals surface area contributed by atoms with Gasteiger partial charge < -0.3 is 0 Å². The maximum atomic E-state index is 2.53. The largest absolute Gasteiger partial charge is 0.0617 e. The van der Waals surface area contributed by atoms with Crippen LogP contribution in [0.15, 0.2) is 133 Å². The first-order valence-electron chi connectivity index (χ1n) is 17.8. The van der Waals surface area contributed by atoms with Crippen molar-refractivity contribution in [3.8, 4) is 22.3 Å². The van der Waals surface area contributed by atoms with Crippen LogP contribution in [0.5, 0.6) is 0 Å². The Morgan fingerprint density at radius 3 is 1.34 bits per heavy atom. The van der Waals surface area contributed by atoms with Crippen LogP contribution in [0.1, 0.15) is 22.3 Å². The second-order valence-electron chi connectivity index (χ2n) is 14.6. The Morgan fingerprint density at radius 1 is 0.240 bits per heavy atom. The Hall–Kier alpha value is -5.98. The summed E-state index contributed by atoms with van der Waals surface area (Å²) in [5, 5.41) is 21.5. The Morgan fingerprint density at radius 2 is 0.660 bits per heavy atom. The smallest absolute Gasteiger partial charge is 0.00135 e. The molecule has 0 amide bonds. The minimum atomic E-state index is 1.31. The van der Waals surface area contributed by atoms with Crippen molar-refractivity contribution in [2.45, 2.75) is 27.7 Å². The quantitative estimate of drug-likeness (QED) is 0.166. The lowest BCUT2D eigenvalue weighted by Gasteiger charge is -2.17. The molecule has 0 radical (unpaired) electrons. The van der Waals surface area contributed by atoms with E-state index in [1.54, 1.807) is 0 Å². The summed E-state index contributed by atoms with van der Waals surface area (Å²) >= 11 is 0. The van der Waals surface area contributed by atoms with Crippen molar-refractivity contribution < 1.29 is 0 Å². The highest BCUT2D eigenvalue weighted by Crippen LogP contribution is 2.51. The van der Waals surface area contributed by atoms with Crippen LogP contribution in [0.3, 0.4) is 0 Å². The van der Waals surface area contributed by atoms with Crippen LogP contribution in [0, 0.1) is 27.7 Å². The molecule has 234 valence electrons. The fourth-order valence-corrected chi connectivity index (χ4v) is 9.82. The highest BCUT2D eigenvalue weighted by atomic mass is 14.3. The average Bonchev–Trinajstić information content (AvgIpc) is 3.63. The third kappa shape index (κ3) is 3.46. The van der Waals surface area contributed by atoms with Crippen LogP contribution in [0.4, 0.5) is 0 Å². The van der Waals surface area contributed by atoms with Gasteiger partial charge in [0.25, 0.3) is 0 Å². The van der Waals surface area contributed by atoms with Gasteiger partial charge in [-0.25, -0.2) is 0 Å². The second kappa shape index (κ2) is 9.80. The van der Waals surface area contributed by atoms with Gasteiger partial charge in [-0.05, 0) is 171 Å². The Labute approximate surface area is 290 Å². The minimum Gasteiger partial charge on any atom is -0.0617 e. The van der Waals surface area contributed by atoms with Gasteiger partial charge in [0.15, 0.2) is 0 Å². The lowest BCUT2D eigenvalue weighted by atomic mass is 9.86. The van der Waals surface area contributed by atoms with Gasteiger partial charge in [-0.3, -0.25) is 0 Å². The third-order valence-electron chi connectivity index (χ3n) is 11.9. The fraction of sp³-hybridized carbons (Fsp3) is 0.0800. The van der Waals surface area contributed by atoms with E-state index in [2.05, 4.69) is 161 Å². The van der Waals surface area contributed by atoms with E-state index in [9.17, 15) is 0 Å². The van der Waals surface area contributed by atoms with Gasteiger partial charge in [-0.15, -0.1) is 0 Å². The lowest BCUT2D eigenvalue weighted by molar-refractivity contribution is 1.39. The van der Waals surface area contributed by atoms with Crippen molar-refractivity contribution in [3.05, 3.63) is 156 Å². The highest BCUT2D eigenvalue weighted by molar-refractivity contribution is 6.40. The Balaban J connectivity index is 1.38. The topological polar surface area (TPSA) is 0 Å². The average molecular weight is 635 g/mol. The molecule has 11 aromatic rings. The lowest BCUT2D eigenvalue weighted by Crippen LogP contribution is -1.92. The molecule has 0 aliphatic heterocycles. The van der Waals surface area contributed by atoms with E-state index in [0.717, 1.165) is 0 Å². The van der Waals surface area contributed by atoms with Crippen LogP contribution in [-0.2, 0) is 0 Å². The van der Waals surface area contributed by atoms with Crippen LogP contribution in [0.25, 0.3) is 108 Å². The van der Waals surface area contributed by atoms with E-state index in [-0.39, 0.29) is 0 Å². The van der Waals surface area contributed by atoms with E-state index in [4.69, 9.17) is 0 Å². The molecule has 0 heterocycles. The Kier molecular flexibility index (Phi) is 5.47. The zero-order valence-corrected chi connectivity index (χ0v) is 28.7. The summed E-state index contributed by atoms with van der Waals surface area (Å²) in [6.45, 7) is 9.05. The first-order chi connectivity index (χ1) is 24.5. The summed E-state index contributed by atoms with van der Waals surface area (Å²) in [6.07, 6.45) is 0. The zero-order chi connectivity index (χ0) is 33.4. The molecule has 0 fully saturated rings. The van der Waals surface area contributed by atoms with Crippen molar-refractivity contribution in [1.29, 1.82) is 0 Å². The van der Waals surface area contributed by atoms with Crippen LogP contribution in [0.2, 0.25) is 0 Å². The summed E-state index contributed by atoms with van der Waals surface area (Å²) in [4.78, 5) is 0. The molecule has 0 N–H and O–H groups in total. The Bertz CT molecular complexity index is 3190. The van der Waals surface area contributed by atoms with Crippen molar-refractivity contribution in [1.82, 2.24) is 0 Å².